The van der Waals surface area contributed by atoms with Gasteiger partial charge in [0.1, 0.15) is 5.60 Å². The number of aliphatic hydroxyl groups is 1. The first kappa shape index (κ1) is 16.5. The Bertz CT molecular complexity index is 519. The third-order valence-corrected chi connectivity index (χ3v) is 6.83. The molecule has 2 unspecified atom stereocenters. The molecule has 5 fully saturated rings. The Kier molecular flexibility index (Phi) is 4.19. The van der Waals surface area contributed by atoms with E-state index in [9.17, 15) is 14.7 Å². The van der Waals surface area contributed by atoms with Crippen LogP contribution in [0.4, 0.5) is 4.79 Å². The number of ether oxygens (including phenoxy) is 2. The number of carbonyl (C=O) groups excluding carboxylic acids is 2. The van der Waals surface area contributed by atoms with Crippen molar-refractivity contribution in [3.05, 3.63) is 0 Å². The van der Waals surface area contributed by atoms with Crippen molar-refractivity contribution in [2.45, 2.75) is 49.7 Å². The van der Waals surface area contributed by atoms with Gasteiger partial charge in [-0.1, -0.05) is 0 Å². The fourth-order valence-corrected chi connectivity index (χ4v) is 6.38. The molecule has 1 saturated heterocycles. The molecule has 0 spiro atoms. The average molecular weight is 355 g/mol. The van der Waals surface area contributed by atoms with Crippen LogP contribution in [-0.2, 0) is 14.3 Å². The van der Waals surface area contributed by atoms with Crippen molar-refractivity contribution in [1.29, 1.82) is 0 Å². The standard InChI is InChI=1S/C17H25NO5S/c19-14(10-22-15(20)18-1-3-24-4-2-18)23-17-8-12-5-13(9-17)7-16(21,6-12)11-17/h12-13,21H,1-11H2. The first-order chi connectivity index (χ1) is 11.5. The number of hydrogen-bond donors (Lipinski definition) is 1. The number of hydrogen-bond acceptors (Lipinski definition) is 6. The molecule has 7 heteroatoms. The molecular weight excluding hydrogens is 330 g/mol. The molecule has 0 radical (unpaired) electrons. The Labute approximate surface area is 146 Å². The van der Waals surface area contributed by atoms with E-state index in [1.54, 1.807) is 4.90 Å². The van der Waals surface area contributed by atoms with Gasteiger partial charge in [0.25, 0.3) is 0 Å². The highest BCUT2D eigenvalue weighted by atomic mass is 32.2. The van der Waals surface area contributed by atoms with E-state index in [0.29, 0.717) is 31.3 Å². The van der Waals surface area contributed by atoms with Gasteiger partial charge in [-0.15, -0.1) is 0 Å². The lowest BCUT2D eigenvalue weighted by Crippen LogP contribution is -2.60. The number of thioether (sulfide) groups is 1. The largest absolute Gasteiger partial charge is 0.456 e. The van der Waals surface area contributed by atoms with Gasteiger partial charge in [0.15, 0.2) is 6.61 Å². The van der Waals surface area contributed by atoms with Crippen LogP contribution in [0.5, 0.6) is 0 Å². The predicted molar refractivity (Wildman–Crippen MR) is 88.7 cm³/mol. The summed E-state index contributed by atoms with van der Waals surface area (Å²) in [7, 11) is 0. The summed E-state index contributed by atoms with van der Waals surface area (Å²) in [6, 6.07) is 0. The molecule has 0 aromatic carbocycles. The molecule has 134 valence electrons. The molecule has 0 aromatic rings. The van der Waals surface area contributed by atoms with Gasteiger partial charge in [0, 0.05) is 31.0 Å². The van der Waals surface area contributed by atoms with Crippen LogP contribution in [-0.4, -0.2) is 64.5 Å². The molecule has 4 aliphatic carbocycles. The minimum atomic E-state index is -0.660. The van der Waals surface area contributed by atoms with Crippen LogP contribution in [0.15, 0.2) is 0 Å². The monoisotopic (exact) mass is 355 g/mol. The van der Waals surface area contributed by atoms with E-state index in [4.69, 9.17) is 9.47 Å². The molecule has 24 heavy (non-hydrogen) atoms. The third-order valence-electron chi connectivity index (χ3n) is 5.89. The summed E-state index contributed by atoms with van der Waals surface area (Å²) in [4.78, 5) is 25.8. The Hall–Kier alpha value is -0.950. The minimum absolute atomic E-state index is 0.335. The van der Waals surface area contributed by atoms with Crippen LogP contribution < -0.4 is 0 Å². The van der Waals surface area contributed by atoms with Crippen molar-refractivity contribution in [3.63, 3.8) is 0 Å². The normalized spacial score (nSPS) is 40.5. The Morgan fingerprint density at radius 2 is 1.79 bits per heavy atom. The van der Waals surface area contributed by atoms with Gasteiger partial charge >= 0.3 is 12.1 Å². The molecule has 1 amide bonds. The maximum Gasteiger partial charge on any atom is 0.410 e. The summed E-state index contributed by atoms with van der Waals surface area (Å²) >= 11 is 1.81. The summed E-state index contributed by atoms with van der Waals surface area (Å²) < 4.78 is 10.9. The second-order valence-electron chi connectivity index (χ2n) is 8.00. The van der Waals surface area contributed by atoms with Gasteiger partial charge in [-0.2, -0.15) is 11.8 Å². The van der Waals surface area contributed by atoms with E-state index in [2.05, 4.69) is 0 Å². The smallest absolute Gasteiger partial charge is 0.410 e. The van der Waals surface area contributed by atoms with Gasteiger partial charge in [0.2, 0.25) is 0 Å². The molecule has 1 aliphatic heterocycles. The van der Waals surface area contributed by atoms with Crippen molar-refractivity contribution < 1.29 is 24.2 Å². The van der Waals surface area contributed by atoms with Gasteiger partial charge in [-0.25, -0.2) is 9.59 Å². The van der Waals surface area contributed by atoms with Crippen LogP contribution in [0, 0.1) is 11.8 Å². The summed E-state index contributed by atoms with van der Waals surface area (Å²) in [6.45, 7) is 0.996. The predicted octanol–water partition coefficient (Wildman–Crippen LogP) is 1.80. The lowest BCUT2D eigenvalue weighted by Gasteiger charge is -2.59. The van der Waals surface area contributed by atoms with E-state index in [-0.39, 0.29) is 6.61 Å². The van der Waals surface area contributed by atoms with Crippen LogP contribution >= 0.6 is 11.8 Å². The van der Waals surface area contributed by atoms with Crippen molar-refractivity contribution in [2.75, 3.05) is 31.2 Å². The fraction of sp³-hybridized carbons (Fsp3) is 0.882. The first-order valence-corrected chi connectivity index (χ1v) is 10.0. The van der Waals surface area contributed by atoms with Crippen LogP contribution in [0.3, 0.4) is 0 Å². The second-order valence-corrected chi connectivity index (χ2v) is 9.22. The molecular formula is C17H25NO5S. The van der Waals surface area contributed by atoms with E-state index >= 15 is 0 Å². The van der Waals surface area contributed by atoms with Gasteiger partial charge in [-0.05, 0) is 43.9 Å². The maximum absolute atomic E-state index is 12.2. The molecule has 1 heterocycles. The topological polar surface area (TPSA) is 76.1 Å². The Morgan fingerprint density at radius 1 is 1.12 bits per heavy atom. The average Bonchev–Trinajstić information content (AvgIpc) is 2.50. The summed E-state index contributed by atoms with van der Waals surface area (Å²) in [5, 5.41) is 10.7. The van der Waals surface area contributed by atoms with E-state index in [1.807, 2.05) is 11.8 Å². The first-order valence-electron chi connectivity index (χ1n) is 8.89. The molecule has 1 N–H and O–H groups in total. The maximum atomic E-state index is 12.2. The molecule has 4 bridgehead atoms. The fourth-order valence-electron chi connectivity index (χ4n) is 5.48. The molecule has 0 aromatic heterocycles. The Balaban J connectivity index is 1.31. The SMILES string of the molecule is O=C(COC(=O)N1CCSCC1)OC12CC3CC(CC(O)(C3)C1)C2. The molecule has 6 nitrogen and oxygen atoms in total. The number of nitrogens with zero attached hydrogens (tertiary/aromatic N) is 1. The highest BCUT2D eigenvalue weighted by Gasteiger charge is 2.59. The lowest BCUT2D eigenvalue weighted by molar-refractivity contribution is -0.221. The minimum Gasteiger partial charge on any atom is -0.456 e. The third kappa shape index (κ3) is 3.25. The van der Waals surface area contributed by atoms with Gasteiger partial charge in [-0.3, -0.25) is 0 Å². The van der Waals surface area contributed by atoms with Crippen LogP contribution in [0.1, 0.15) is 38.5 Å². The van der Waals surface area contributed by atoms with E-state index in [1.165, 1.54) is 0 Å². The summed E-state index contributed by atoms with van der Waals surface area (Å²) in [5.74, 6) is 2.24. The second kappa shape index (κ2) is 6.09. The summed E-state index contributed by atoms with van der Waals surface area (Å²) in [6.07, 6.45) is 4.61. The van der Waals surface area contributed by atoms with Gasteiger partial charge < -0.3 is 19.5 Å². The quantitative estimate of drug-likeness (QED) is 0.778. The zero-order valence-corrected chi connectivity index (χ0v) is 14.7. The molecule has 5 aliphatic rings. The Morgan fingerprint density at radius 3 is 2.42 bits per heavy atom. The van der Waals surface area contributed by atoms with Crippen molar-refractivity contribution in [2.24, 2.45) is 11.8 Å². The van der Waals surface area contributed by atoms with Crippen molar-refractivity contribution in [3.8, 4) is 0 Å². The lowest BCUT2D eigenvalue weighted by atomic mass is 9.52. The number of esters is 1. The highest BCUT2D eigenvalue weighted by molar-refractivity contribution is 7.99. The molecule has 4 saturated carbocycles. The molecule has 5 rings (SSSR count). The number of amides is 1. The molecule has 2 atom stereocenters. The van der Waals surface area contributed by atoms with Crippen LogP contribution in [0.2, 0.25) is 0 Å². The zero-order valence-electron chi connectivity index (χ0n) is 13.9. The number of carbonyl (C=O) groups is 2. The van der Waals surface area contributed by atoms with E-state index in [0.717, 1.165) is 43.6 Å². The zero-order chi connectivity index (χ0) is 16.8. The number of rotatable bonds is 3. The van der Waals surface area contributed by atoms with E-state index < -0.39 is 23.3 Å². The van der Waals surface area contributed by atoms with Gasteiger partial charge in [0.05, 0.1) is 5.60 Å². The van der Waals surface area contributed by atoms with Crippen molar-refractivity contribution in [1.82, 2.24) is 4.90 Å². The van der Waals surface area contributed by atoms with Crippen LogP contribution in [0.25, 0.3) is 0 Å². The van der Waals surface area contributed by atoms with Crippen molar-refractivity contribution >= 4 is 23.8 Å². The highest BCUT2D eigenvalue weighted by Crippen LogP contribution is 2.58. The summed E-state index contributed by atoms with van der Waals surface area (Å²) in [5.41, 5.74) is -1.20.